The third-order valence-corrected chi connectivity index (χ3v) is 4.03. The van der Waals surface area contributed by atoms with Crippen LogP contribution in [0, 0.1) is 0 Å². The summed E-state index contributed by atoms with van der Waals surface area (Å²) in [5, 5.41) is 0. The molecule has 2 nitrogen and oxygen atoms in total. The first-order chi connectivity index (χ1) is 8.10. The summed E-state index contributed by atoms with van der Waals surface area (Å²) in [4.78, 5) is 13.5. The van der Waals surface area contributed by atoms with Crippen LogP contribution in [0.3, 0.4) is 0 Å². The van der Waals surface area contributed by atoms with Crippen LogP contribution in [0.15, 0.2) is 18.2 Å². The lowest BCUT2D eigenvalue weighted by molar-refractivity contribution is 0.112. The van der Waals surface area contributed by atoms with Crippen LogP contribution in [-0.4, -0.2) is 23.8 Å². The van der Waals surface area contributed by atoms with Gasteiger partial charge in [0, 0.05) is 30.1 Å². The Labute approximate surface area is 103 Å². The van der Waals surface area contributed by atoms with Gasteiger partial charge in [0.05, 0.1) is 0 Å². The van der Waals surface area contributed by atoms with E-state index in [0.29, 0.717) is 0 Å². The van der Waals surface area contributed by atoms with Gasteiger partial charge < -0.3 is 0 Å². The molecule has 1 aliphatic carbocycles. The maximum atomic E-state index is 10.9. The molecule has 0 spiro atoms. The molecule has 0 saturated heterocycles. The van der Waals surface area contributed by atoms with E-state index in [0.717, 1.165) is 31.0 Å². The third kappa shape index (κ3) is 1.91. The zero-order chi connectivity index (χ0) is 12.0. The number of carbonyl (C=O) groups excluding carboxylic acids is 1. The van der Waals surface area contributed by atoms with Crippen LogP contribution in [0.4, 0.5) is 0 Å². The van der Waals surface area contributed by atoms with Crippen LogP contribution < -0.4 is 0 Å². The predicted octanol–water partition coefficient (Wildman–Crippen LogP) is 2.75. The molecule has 90 valence electrons. The molecule has 0 aromatic heterocycles. The highest BCUT2D eigenvalue weighted by molar-refractivity contribution is 5.75. The van der Waals surface area contributed by atoms with Gasteiger partial charge >= 0.3 is 0 Å². The first-order valence-corrected chi connectivity index (χ1v) is 6.43. The van der Waals surface area contributed by atoms with Crippen LogP contribution in [0.2, 0.25) is 0 Å². The van der Waals surface area contributed by atoms with E-state index in [9.17, 15) is 4.79 Å². The van der Waals surface area contributed by atoms with E-state index in [-0.39, 0.29) is 5.41 Å². The smallest absolute Gasteiger partial charge is 0.150 e. The fourth-order valence-corrected chi connectivity index (χ4v) is 3.00. The molecule has 0 bridgehead atoms. The van der Waals surface area contributed by atoms with Crippen molar-refractivity contribution in [1.29, 1.82) is 0 Å². The second-order valence-corrected chi connectivity index (χ2v) is 6.05. The number of fused-ring (bicyclic) bond motifs is 1. The minimum absolute atomic E-state index is 0.162. The van der Waals surface area contributed by atoms with Gasteiger partial charge in [0.15, 0.2) is 0 Å². The van der Waals surface area contributed by atoms with Gasteiger partial charge in [-0.25, -0.2) is 0 Å². The minimum atomic E-state index is 0.162. The largest absolute Gasteiger partial charge is 0.298 e. The van der Waals surface area contributed by atoms with Crippen LogP contribution in [-0.2, 0) is 12.0 Å². The molecule has 1 saturated carbocycles. The number of hydrogen-bond acceptors (Lipinski definition) is 2. The van der Waals surface area contributed by atoms with Crippen LogP contribution in [0.25, 0.3) is 0 Å². The van der Waals surface area contributed by atoms with Gasteiger partial charge in [-0.3, -0.25) is 9.69 Å². The van der Waals surface area contributed by atoms with Gasteiger partial charge in [0.25, 0.3) is 0 Å². The molecule has 1 fully saturated rings. The number of hydrogen-bond donors (Lipinski definition) is 0. The molecule has 0 atom stereocenters. The van der Waals surface area contributed by atoms with Crippen molar-refractivity contribution in [1.82, 2.24) is 4.90 Å². The van der Waals surface area contributed by atoms with E-state index in [1.807, 2.05) is 6.07 Å². The second kappa shape index (κ2) is 3.67. The molecule has 17 heavy (non-hydrogen) atoms. The van der Waals surface area contributed by atoms with E-state index < -0.39 is 0 Å². The lowest BCUT2D eigenvalue weighted by Gasteiger charge is -2.40. The molecule has 3 rings (SSSR count). The molecular weight excluding hydrogens is 210 g/mol. The Morgan fingerprint density at radius 2 is 2.12 bits per heavy atom. The second-order valence-electron chi connectivity index (χ2n) is 6.05. The van der Waals surface area contributed by atoms with Crippen molar-refractivity contribution in [2.24, 2.45) is 0 Å². The Morgan fingerprint density at radius 3 is 2.76 bits per heavy atom. The number of rotatable bonds is 2. The number of nitrogens with zero attached hydrogens (tertiary/aromatic N) is 1. The average Bonchev–Trinajstić information content (AvgIpc) is 3.11. The van der Waals surface area contributed by atoms with Crippen molar-refractivity contribution >= 4 is 6.29 Å². The summed E-state index contributed by atoms with van der Waals surface area (Å²) >= 11 is 0. The van der Waals surface area contributed by atoms with Crippen LogP contribution >= 0.6 is 0 Å². The summed E-state index contributed by atoms with van der Waals surface area (Å²) in [5.41, 5.74) is 3.73. The Hall–Kier alpha value is -1.15. The molecule has 1 aromatic carbocycles. The van der Waals surface area contributed by atoms with Crippen molar-refractivity contribution < 1.29 is 4.79 Å². The van der Waals surface area contributed by atoms with Crippen molar-refractivity contribution in [3.05, 3.63) is 34.9 Å². The summed E-state index contributed by atoms with van der Waals surface area (Å²) in [7, 11) is 0. The fourth-order valence-electron chi connectivity index (χ4n) is 3.00. The van der Waals surface area contributed by atoms with Gasteiger partial charge in [0.1, 0.15) is 6.29 Å². The Balaban J connectivity index is 2.01. The molecule has 1 heterocycles. The molecule has 1 aromatic rings. The monoisotopic (exact) mass is 229 g/mol. The number of benzene rings is 1. The maximum absolute atomic E-state index is 10.9. The zero-order valence-corrected chi connectivity index (χ0v) is 10.6. The van der Waals surface area contributed by atoms with Crippen molar-refractivity contribution in [3.63, 3.8) is 0 Å². The summed E-state index contributed by atoms with van der Waals surface area (Å²) < 4.78 is 0. The molecule has 0 unspecified atom stereocenters. The molecule has 2 aliphatic rings. The number of aldehydes is 1. The zero-order valence-electron chi connectivity index (χ0n) is 10.6. The molecule has 2 heteroatoms. The van der Waals surface area contributed by atoms with Gasteiger partial charge in [-0.1, -0.05) is 26.0 Å². The fraction of sp³-hybridized carbons (Fsp3) is 0.533. The lowest BCUT2D eigenvalue weighted by atomic mass is 9.77. The first-order valence-electron chi connectivity index (χ1n) is 6.43. The normalized spacial score (nSPS) is 23.2. The third-order valence-electron chi connectivity index (χ3n) is 4.03. The van der Waals surface area contributed by atoms with Gasteiger partial charge in [0.2, 0.25) is 0 Å². The summed E-state index contributed by atoms with van der Waals surface area (Å²) in [6.45, 7) is 6.75. The van der Waals surface area contributed by atoms with Crippen molar-refractivity contribution in [2.45, 2.75) is 44.7 Å². The Kier molecular flexibility index (Phi) is 2.37. The van der Waals surface area contributed by atoms with E-state index in [1.54, 1.807) is 0 Å². The Bertz CT molecular complexity index is 460. The highest BCUT2D eigenvalue weighted by Crippen LogP contribution is 2.39. The van der Waals surface area contributed by atoms with E-state index in [1.165, 1.54) is 24.0 Å². The average molecular weight is 229 g/mol. The van der Waals surface area contributed by atoms with Crippen LogP contribution in [0.5, 0.6) is 0 Å². The van der Waals surface area contributed by atoms with E-state index >= 15 is 0 Å². The summed E-state index contributed by atoms with van der Waals surface area (Å²) in [6.07, 6.45) is 3.67. The van der Waals surface area contributed by atoms with Gasteiger partial charge in [-0.05, 0) is 30.0 Å². The summed E-state index contributed by atoms with van der Waals surface area (Å²) in [6, 6.07) is 6.97. The molecule has 1 aliphatic heterocycles. The van der Waals surface area contributed by atoms with Gasteiger partial charge in [-0.15, -0.1) is 0 Å². The molecular formula is C15H19NO. The lowest BCUT2D eigenvalue weighted by Crippen LogP contribution is -2.43. The van der Waals surface area contributed by atoms with E-state index in [2.05, 4.69) is 30.9 Å². The van der Waals surface area contributed by atoms with Crippen molar-refractivity contribution in [3.8, 4) is 0 Å². The van der Waals surface area contributed by atoms with Crippen LogP contribution in [0.1, 0.15) is 48.2 Å². The quantitative estimate of drug-likeness (QED) is 0.727. The SMILES string of the molecule is CC1(C)CN(C2CC2)Cc2ccc(C=O)cc21. The molecule has 0 amide bonds. The topological polar surface area (TPSA) is 20.3 Å². The highest BCUT2D eigenvalue weighted by atomic mass is 16.1. The molecule has 0 N–H and O–H groups in total. The van der Waals surface area contributed by atoms with E-state index in [4.69, 9.17) is 0 Å². The molecule has 0 radical (unpaired) electrons. The van der Waals surface area contributed by atoms with Gasteiger partial charge in [-0.2, -0.15) is 0 Å². The number of carbonyl (C=O) groups is 1. The standard InChI is InChI=1S/C15H19NO/c1-15(2)10-16(13-5-6-13)8-12-4-3-11(9-17)7-14(12)15/h3-4,7,9,13H,5-6,8,10H2,1-2H3. The predicted molar refractivity (Wildman–Crippen MR) is 68.3 cm³/mol. The maximum Gasteiger partial charge on any atom is 0.150 e. The van der Waals surface area contributed by atoms with Crippen molar-refractivity contribution in [2.75, 3.05) is 6.54 Å². The Morgan fingerprint density at radius 1 is 1.35 bits per heavy atom. The first kappa shape index (κ1) is 11.0. The minimum Gasteiger partial charge on any atom is -0.298 e. The highest BCUT2D eigenvalue weighted by Gasteiger charge is 2.38. The summed E-state index contributed by atoms with van der Waals surface area (Å²) in [5.74, 6) is 0.